The summed E-state index contributed by atoms with van der Waals surface area (Å²) in [5.74, 6) is 0.170. The van der Waals surface area contributed by atoms with Gasteiger partial charge in [-0.25, -0.2) is 8.42 Å². The lowest BCUT2D eigenvalue weighted by molar-refractivity contribution is -0.896. The third-order valence-electron chi connectivity index (χ3n) is 5.84. The summed E-state index contributed by atoms with van der Waals surface area (Å²) in [6.07, 6.45) is 3.50. The SMILES string of the molecule is CC[C@@H](C)N(C(=O)C[NH+]1CCN(S(=O)(=O)/C=C/c2ccccc2)CC1)[C@@H](C)CC. The Hall–Kier alpha value is -1.70. The average molecular weight is 423 g/mol. The van der Waals surface area contributed by atoms with E-state index in [1.54, 1.807) is 6.08 Å². The van der Waals surface area contributed by atoms with E-state index >= 15 is 0 Å². The van der Waals surface area contributed by atoms with Crippen LogP contribution in [0.3, 0.4) is 0 Å². The van der Waals surface area contributed by atoms with Gasteiger partial charge in [0.25, 0.3) is 5.91 Å². The maximum atomic E-state index is 12.9. The Morgan fingerprint density at radius 2 is 1.66 bits per heavy atom. The third-order valence-corrected chi connectivity index (χ3v) is 7.41. The maximum Gasteiger partial charge on any atom is 0.278 e. The van der Waals surface area contributed by atoms with Crippen molar-refractivity contribution in [3.63, 3.8) is 0 Å². The molecule has 0 saturated carbocycles. The molecule has 1 saturated heterocycles. The third kappa shape index (κ3) is 6.66. The highest BCUT2D eigenvalue weighted by molar-refractivity contribution is 7.92. The summed E-state index contributed by atoms with van der Waals surface area (Å²) < 4.78 is 26.7. The molecule has 2 atom stereocenters. The van der Waals surface area contributed by atoms with Crippen molar-refractivity contribution < 1.29 is 18.1 Å². The summed E-state index contributed by atoms with van der Waals surface area (Å²) in [6.45, 7) is 11.0. The minimum Gasteiger partial charge on any atom is -0.332 e. The van der Waals surface area contributed by atoms with Crippen LogP contribution in [0.2, 0.25) is 0 Å². The number of amides is 1. The largest absolute Gasteiger partial charge is 0.332 e. The summed E-state index contributed by atoms with van der Waals surface area (Å²) in [5, 5.41) is 1.28. The first kappa shape index (κ1) is 23.6. The van der Waals surface area contributed by atoms with Crippen molar-refractivity contribution >= 4 is 22.0 Å². The summed E-state index contributed by atoms with van der Waals surface area (Å²) in [4.78, 5) is 16.1. The van der Waals surface area contributed by atoms with E-state index in [1.165, 1.54) is 9.71 Å². The van der Waals surface area contributed by atoms with Crippen LogP contribution in [0.1, 0.15) is 46.1 Å². The van der Waals surface area contributed by atoms with Gasteiger partial charge in [-0.15, -0.1) is 0 Å². The van der Waals surface area contributed by atoms with Crippen LogP contribution in [0.4, 0.5) is 0 Å². The molecule has 1 aromatic carbocycles. The Bertz CT molecular complexity index is 762. The Morgan fingerprint density at radius 3 is 2.17 bits per heavy atom. The molecule has 1 fully saturated rings. The zero-order valence-corrected chi connectivity index (χ0v) is 19.0. The minimum atomic E-state index is -3.44. The van der Waals surface area contributed by atoms with Crippen molar-refractivity contribution in [3.8, 4) is 0 Å². The van der Waals surface area contributed by atoms with Crippen molar-refractivity contribution in [3.05, 3.63) is 41.3 Å². The number of carbonyl (C=O) groups is 1. The van der Waals surface area contributed by atoms with Crippen LogP contribution in [0.5, 0.6) is 0 Å². The molecule has 1 heterocycles. The molecule has 0 unspecified atom stereocenters. The summed E-state index contributed by atoms with van der Waals surface area (Å²) in [6, 6.07) is 9.86. The number of carbonyl (C=O) groups excluding carboxylic acids is 1. The van der Waals surface area contributed by atoms with E-state index in [9.17, 15) is 13.2 Å². The van der Waals surface area contributed by atoms with Crippen molar-refractivity contribution in [2.24, 2.45) is 0 Å². The molecule has 0 radical (unpaired) electrons. The van der Waals surface area contributed by atoms with Crippen LogP contribution in [-0.2, 0) is 14.8 Å². The van der Waals surface area contributed by atoms with Gasteiger partial charge in [-0.1, -0.05) is 44.2 Å². The van der Waals surface area contributed by atoms with E-state index in [0.29, 0.717) is 32.7 Å². The fourth-order valence-corrected chi connectivity index (χ4v) is 4.87. The molecule has 162 valence electrons. The summed E-state index contributed by atoms with van der Waals surface area (Å²) >= 11 is 0. The number of piperazine rings is 1. The molecule has 2 rings (SSSR count). The van der Waals surface area contributed by atoms with Gasteiger partial charge in [0.2, 0.25) is 10.0 Å². The zero-order chi connectivity index (χ0) is 21.4. The van der Waals surface area contributed by atoms with E-state index in [-0.39, 0.29) is 18.0 Å². The highest BCUT2D eigenvalue weighted by atomic mass is 32.2. The number of rotatable bonds is 9. The predicted molar refractivity (Wildman–Crippen MR) is 118 cm³/mol. The van der Waals surface area contributed by atoms with Crippen LogP contribution in [0.15, 0.2) is 35.7 Å². The number of hydrogen-bond acceptors (Lipinski definition) is 3. The van der Waals surface area contributed by atoms with Gasteiger partial charge < -0.3 is 9.80 Å². The second kappa shape index (κ2) is 10.9. The highest BCUT2D eigenvalue weighted by Crippen LogP contribution is 2.12. The van der Waals surface area contributed by atoms with Gasteiger partial charge in [0, 0.05) is 17.5 Å². The van der Waals surface area contributed by atoms with Crippen LogP contribution >= 0.6 is 0 Å². The van der Waals surface area contributed by atoms with Crippen molar-refractivity contribution in [1.29, 1.82) is 0 Å². The molecule has 0 bridgehead atoms. The van der Waals surface area contributed by atoms with Crippen molar-refractivity contribution in [1.82, 2.24) is 9.21 Å². The van der Waals surface area contributed by atoms with E-state index in [1.807, 2.05) is 35.2 Å². The van der Waals surface area contributed by atoms with Gasteiger partial charge in [-0.3, -0.25) is 4.79 Å². The standard InChI is InChI=1S/C22H35N3O3S/c1-5-19(3)25(20(4)6-2)22(26)18-23-13-15-24(16-14-23)29(27,28)17-12-21-10-8-7-9-11-21/h7-12,17,19-20H,5-6,13-16,18H2,1-4H3/p+1/b17-12+/t19-,20+. The molecule has 6 nitrogen and oxygen atoms in total. The molecule has 7 heteroatoms. The number of sulfonamides is 1. The predicted octanol–water partition coefficient (Wildman–Crippen LogP) is 1.61. The monoisotopic (exact) mass is 422 g/mol. The number of benzene rings is 1. The smallest absolute Gasteiger partial charge is 0.278 e. The summed E-state index contributed by atoms with van der Waals surface area (Å²) in [7, 11) is -3.44. The Morgan fingerprint density at radius 1 is 1.10 bits per heavy atom. The van der Waals surface area contributed by atoms with Crippen molar-refractivity contribution in [2.45, 2.75) is 52.6 Å². The Labute approximate surface area is 176 Å². The Kier molecular flexibility index (Phi) is 8.86. The topological polar surface area (TPSA) is 62.1 Å². The molecule has 1 aromatic rings. The van der Waals surface area contributed by atoms with Gasteiger partial charge in [0.05, 0.1) is 26.2 Å². The molecular formula is C22H36N3O3S+. The fraction of sp³-hybridized carbons (Fsp3) is 0.591. The van der Waals surface area contributed by atoms with Gasteiger partial charge in [0.1, 0.15) is 0 Å². The Balaban J connectivity index is 1.92. The van der Waals surface area contributed by atoms with E-state index in [2.05, 4.69) is 27.7 Å². The first-order valence-corrected chi connectivity index (χ1v) is 12.2. The second-order valence-electron chi connectivity index (χ2n) is 7.90. The van der Waals surface area contributed by atoms with Gasteiger partial charge in [-0.05, 0) is 38.3 Å². The number of quaternary nitrogens is 1. The maximum absolute atomic E-state index is 12.9. The van der Waals surface area contributed by atoms with Gasteiger partial charge in [0.15, 0.2) is 6.54 Å². The van der Waals surface area contributed by atoms with Crippen LogP contribution in [-0.4, -0.2) is 68.3 Å². The normalized spacial score (nSPS) is 18.6. The molecule has 1 amide bonds. The van der Waals surface area contributed by atoms with Crippen LogP contribution in [0.25, 0.3) is 6.08 Å². The lowest BCUT2D eigenvalue weighted by Crippen LogP contribution is -3.15. The second-order valence-corrected chi connectivity index (χ2v) is 9.72. The van der Waals surface area contributed by atoms with Crippen molar-refractivity contribution in [2.75, 3.05) is 32.7 Å². The van der Waals surface area contributed by atoms with Gasteiger partial charge in [-0.2, -0.15) is 4.31 Å². The molecular weight excluding hydrogens is 386 g/mol. The quantitative estimate of drug-likeness (QED) is 0.658. The molecule has 0 aromatic heterocycles. The summed E-state index contributed by atoms with van der Waals surface area (Å²) in [5.41, 5.74) is 0.862. The van der Waals surface area contributed by atoms with E-state index < -0.39 is 10.0 Å². The molecule has 1 aliphatic heterocycles. The minimum absolute atomic E-state index is 0.170. The lowest BCUT2D eigenvalue weighted by atomic mass is 10.1. The van der Waals surface area contributed by atoms with Crippen LogP contribution in [0, 0.1) is 0 Å². The molecule has 0 spiro atoms. The highest BCUT2D eigenvalue weighted by Gasteiger charge is 2.31. The zero-order valence-electron chi connectivity index (χ0n) is 18.2. The molecule has 29 heavy (non-hydrogen) atoms. The number of nitrogens with zero attached hydrogens (tertiary/aromatic N) is 2. The first-order chi connectivity index (χ1) is 13.8. The number of nitrogens with one attached hydrogen (secondary N) is 1. The first-order valence-electron chi connectivity index (χ1n) is 10.7. The van der Waals surface area contributed by atoms with E-state index in [4.69, 9.17) is 0 Å². The fourth-order valence-electron chi connectivity index (χ4n) is 3.67. The average Bonchev–Trinajstić information content (AvgIpc) is 2.73. The lowest BCUT2D eigenvalue weighted by Gasteiger charge is -2.36. The molecule has 0 aliphatic carbocycles. The van der Waals surface area contributed by atoms with Gasteiger partial charge >= 0.3 is 0 Å². The van der Waals surface area contributed by atoms with Crippen LogP contribution < -0.4 is 4.90 Å². The molecule has 1 N–H and O–H groups in total. The molecule has 1 aliphatic rings. The van der Waals surface area contributed by atoms with E-state index in [0.717, 1.165) is 23.3 Å². The number of hydrogen-bond donors (Lipinski definition) is 1.